The van der Waals surface area contributed by atoms with Crippen LogP contribution in [0.2, 0.25) is 0 Å². The molecule has 43 heavy (non-hydrogen) atoms. The molecule has 2 aliphatic rings. The number of carbonyl (C=O) groups is 1. The number of ether oxygens (including phenoxy) is 2. The highest BCUT2D eigenvalue weighted by molar-refractivity contribution is 5.96. The third kappa shape index (κ3) is 4.82. The fourth-order valence-electron chi connectivity index (χ4n) is 6.06. The Bertz CT molecular complexity index is 1990. The van der Waals surface area contributed by atoms with Gasteiger partial charge in [-0.1, -0.05) is 25.3 Å². The molecule has 1 fully saturated rings. The van der Waals surface area contributed by atoms with Crippen molar-refractivity contribution in [3.05, 3.63) is 61.2 Å². The topological polar surface area (TPSA) is 144 Å². The Labute approximate surface area is 246 Å². The van der Waals surface area contributed by atoms with Gasteiger partial charge >= 0.3 is 0 Å². The number of hydrogen-bond donors (Lipinski definition) is 3. The Morgan fingerprint density at radius 3 is 2.67 bits per heavy atom. The van der Waals surface area contributed by atoms with Crippen molar-refractivity contribution in [3.8, 4) is 45.4 Å². The molecule has 0 atom stereocenters. The minimum atomic E-state index is 0.0332. The highest BCUT2D eigenvalue weighted by Crippen LogP contribution is 2.38. The zero-order chi connectivity index (χ0) is 28.8. The fraction of sp³-hybridized carbons (Fsp3) is 0.250. The van der Waals surface area contributed by atoms with E-state index in [1.165, 1.54) is 19.3 Å². The van der Waals surface area contributed by atoms with Gasteiger partial charge in [-0.05, 0) is 54.7 Å². The van der Waals surface area contributed by atoms with Gasteiger partial charge in [0.15, 0.2) is 23.0 Å². The van der Waals surface area contributed by atoms with Gasteiger partial charge in [-0.3, -0.25) is 19.9 Å². The molecule has 1 saturated carbocycles. The number of aromatic amines is 2. The third-order valence-electron chi connectivity index (χ3n) is 8.23. The van der Waals surface area contributed by atoms with Gasteiger partial charge in [0.05, 0.1) is 40.3 Å². The minimum Gasteiger partial charge on any atom is -0.454 e. The summed E-state index contributed by atoms with van der Waals surface area (Å²) < 4.78 is 11.0. The maximum absolute atomic E-state index is 12.7. The van der Waals surface area contributed by atoms with Gasteiger partial charge in [-0.25, -0.2) is 9.97 Å². The lowest BCUT2D eigenvalue weighted by atomic mass is 9.87. The van der Waals surface area contributed by atoms with Gasteiger partial charge in [0.25, 0.3) is 0 Å². The number of pyridine rings is 3. The number of aromatic nitrogens is 7. The van der Waals surface area contributed by atoms with E-state index in [4.69, 9.17) is 19.4 Å². The van der Waals surface area contributed by atoms with Crippen LogP contribution in [0.5, 0.6) is 11.5 Å². The largest absolute Gasteiger partial charge is 0.454 e. The zero-order valence-electron chi connectivity index (χ0n) is 23.3. The lowest BCUT2D eigenvalue weighted by Gasteiger charge is -2.20. The molecule has 0 radical (unpaired) electrons. The molecule has 3 N–H and O–H groups in total. The lowest BCUT2D eigenvalue weighted by Crippen LogP contribution is -2.18. The number of nitrogens with one attached hydrogen (secondary N) is 3. The standard InChI is InChI=1S/C32H28N8O3/c41-28(10-18-4-2-1-3-5-18)35-21-11-20(13-33-14-21)23-7-8-24-30(36-23)31(40-39-24)32-37-25-16-34-15-22(29(25)38-32)19-6-9-26-27(12-19)43-17-42-26/h6-9,11-16,18H,1-5,10,17H2,(H,35,41)(H,37,38)(H,39,40). The zero-order valence-corrected chi connectivity index (χ0v) is 23.3. The summed E-state index contributed by atoms with van der Waals surface area (Å²) in [6, 6.07) is 11.6. The van der Waals surface area contributed by atoms with Gasteiger partial charge in [0, 0.05) is 29.9 Å². The van der Waals surface area contributed by atoms with Crippen molar-refractivity contribution in [2.24, 2.45) is 5.92 Å². The minimum absolute atomic E-state index is 0.0332. The van der Waals surface area contributed by atoms with Crippen molar-refractivity contribution in [2.75, 3.05) is 12.1 Å². The molecule has 0 saturated heterocycles. The van der Waals surface area contributed by atoms with Crippen LogP contribution >= 0.6 is 0 Å². The third-order valence-corrected chi connectivity index (χ3v) is 8.23. The number of rotatable bonds is 6. The predicted molar refractivity (Wildman–Crippen MR) is 161 cm³/mol. The number of imidazole rings is 1. The molecule has 6 aromatic rings. The van der Waals surface area contributed by atoms with E-state index >= 15 is 0 Å². The molecule has 214 valence electrons. The van der Waals surface area contributed by atoms with Crippen LogP contribution in [-0.2, 0) is 4.79 Å². The normalized spacial score (nSPS) is 14.9. The second-order valence-electron chi connectivity index (χ2n) is 11.1. The first-order valence-electron chi connectivity index (χ1n) is 14.5. The van der Waals surface area contributed by atoms with Crippen LogP contribution in [0.4, 0.5) is 5.69 Å². The monoisotopic (exact) mass is 572 g/mol. The molecule has 1 aliphatic carbocycles. The van der Waals surface area contributed by atoms with Crippen LogP contribution in [0.1, 0.15) is 38.5 Å². The highest BCUT2D eigenvalue weighted by atomic mass is 16.7. The summed E-state index contributed by atoms with van der Waals surface area (Å²) in [7, 11) is 0. The first kappa shape index (κ1) is 25.4. The van der Waals surface area contributed by atoms with Crippen LogP contribution in [0, 0.1) is 5.92 Å². The number of carbonyl (C=O) groups excluding carboxylic acids is 1. The summed E-state index contributed by atoms with van der Waals surface area (Å²) >= 11 is 0. The van der Waals surface area contributed by atoms with E-state index in [9.17, 15) is 4.79 Å². The highest BCUT2D eigenvalue weighted by Gasteiger charge is 2.20. The van der Waals surface area contributed by atoms with Gasteiger partial charge in [-0.2, -0.15) is 5.10 Å². The van der Waals surface area contributed by atoms with Crippen molar-refractivity contribution in [2.45, 2.75) is 38.5 Å². The van der Waals surface area contributed by atoms with Gasteiger partial charge in [0.2, 0.25) is 12.7 Å². The van der Waals surface area contributed by atoms with E-state index in [0.29, 0.717) is 46.5 Å². The number of nitrogens with zero attached hydrogens (tertiary/aromatic N) is 5. The Kier molecular flexibility index (Phi) is 6.20. The first-order valence-corrected chi connectivity index (χ1v) is 14.5. The lowest BCUT2D eigenvalue weighted by molar-refractivity contribution is -0.117. The van der Waals surface area contributed by atoms with E-state index in [1.54, 1.807) is 24.8 Å². The van der Waals surface area contributed by atoms with Crippen molar-refractivity contribution in [1.82, 2.24) is 35.1 Å². The van der Waals surface area contributed by atoms with Crippen LogP contribution in [0.15, 0.2) is 61.2 Å². The molecule has 0 spiro atoms. The smallest absolute Gasteiger partial charge is 0.231 e. The molecule has 1 amide bonds. The molecule has 5 aromatic heterocycles. The second kappa shape index (κ2) is 10.5. The van der Waals surface area contributed by atoms with E-state index in [0.717, 1.165) is 51.8 Å². The molecule has 0 bridgehead atoms. The number of amides is 1. The number of H-pyrrole nitrogens is 2. The Hall–Kier alpha value is -5.32. The van der Waals surface area contributed by atoms with Gasteiger partial charge in [-0.15, -0.1) is 0 Å². The SMILES string of the molecule is O=C(CC1CCCCC1)Nc1cncc(-c2ccc3[nH]nc(-c4nc5c(-c6ccc7c(c6)OCO7)cncc5[nH]4)c3n2)c1. The first-order chi connectivity index (χ1) is 21.2. The van der Waals surface area contributed by atoms with Crippen LogP contribution < -0.4 is 14.8 Å². The van der Waals surface area contributed by atoms with E-state index < -0.39 is 0 Å². The van der Waals surface area contributed by atoms with Crippen molar-refractivity contribution in [1.29, 1.82) is 0 Å². The average Bonchev–Trinajstić information content (AvgIpc) is 3.79. The van der Waals surface area contributed by atoms with Crippen LogP contribution in [0.3, 0.4) is 0 Å². The molecule has 6 heterocycles. The van der Waals surface area contributed by atoms with Crippen molar-refractivity contribution in [3.63, 3.8) is 0 Å². The predicted octanol–water partition coefficient (Wildman–Crippen LogP) is 6.26. The summed E-state index contributed by atoms with van der Waals surface area (Å²) in [5, 5.41) is 10.6. The quantitative estimate of drug-likeness (QED) is 0.212. The maximum Gasteiger partial charge on any atom is 0.231 e. The van der Waals surface area contributed by atoms with Crippen molar-refractivity contribution < 1.29 is 14.3 Å². The summed E-state index contributed by atoms with van der Waals surface area (Å²) in [4.78, 5) is 34.7. The number of hydrogen-bond acceptors (Lipinski definition) is 8. The number of benzene rings is 1. The second-order valence-corrected chi connectivity index (χ2v) is 11.1. The summed E-state index contributed by atoms with van der Waals surface area (Å²) in [6.07, 6.45) is 13.5. The van der Waals surface area contributed by atoms with Crippen LogP contribution in [0.25, 0.3) is 56.0 Å². The molecule has 11 nitrogen and oxygen atoms in total. The van der Waals surface area contributed by atoms with Crippen LogP contribution in [-0.4, -0.2) is 47.8 Å². The molecular weight excluding hydrogens is 544 g/mol. The average molecular weight is 573 g/mol. The Balaban J connectivity index is 1.10. The molecular formula is C32H28N8O3. The van der Waals surface area contributed by atoms with Crippen molar-refractivity contribution >= 4 is 33.7 Å². The number of fused-ring (bicyclic) bond motifs is 3. The molecule has 8 rings (SSSR count). The van der Waals surface area contributed by atoms with Gasteiger partial charge in [0.1, 0.15) is 5.52 Å². The Morgan fingerprint density at radius 2 is 1.74 bits per heavy atom. The van der Waals surface area contributed by atoms with E-state index in [-0.39, 0.29) is 12.7 Å². The maximum atomic E-state index is 12.7. The van der Waals surface area contributed by atoms with E-state index in [1.807, 2.05) is 36.4 Å². The number of anilines is 1. The molecule has 0 unspecified atom stereocenters. The summed E-state index contributed by atoms with van der Waals surface area (Å²) in [6.45, 7) is 0.213. The summed E-state index contributed by atoms with van der Waals surface area (Å²) in [5.74, 6) is 2.49. The Morgan fingerprint density at radius 1 is 0.860 bits per heavy atom. The molecule has 1 aromatic carbocycles. The fourth-order valence-corrected chi connectivity index (χ4v) is 6.06. The van der Waals surface area contributed by atoms with E-state index in [2.05, 4.69) is 30.5 Å². The molecule has 11 heteroatoms. The summed E-state index contributed by atoms with van der Waals surface area (Å²) in [5.41, 5.74) is 7.52. The molecule has 1 aliphatic heterocycles. The van der Waals surface area contributed by atoms with Gasteiger partial charge < -0.3 is 19.8 Å².